The molecule has 2 atom stereocenters. The molecule has 5 heteroatoms. The molecule has 0 bridgehead atoms. The summed E-state index contributed by atoms with van der Waals surface area (Å²) in [6.45, 7) is 3.57. The van der Waals surface area contributed by atoms with E-state index in [0.717, 1.165) is 11.3 Å². The van der Waals surface area contributed by atoms with Gasteiger partial charge < -0.3 is 15.8 Å². The monoisotopic (exact) mass is 258 g/mol. The molecule has 1 unspecified atom stereocenters. The van der Waals surface area contributed by atoms with Gasteiger partial charge in [0.2, 0.25) is 5.91 Å². The number of nitrogens with one attached hydrogen (secondary N) is 1. The van der Waals surface area contributed by atoms with Crippen LogP contribution in [-0.4, -0.2) is 19.1 Å². The Morgan fingerprint density at radius 1 is 1.41 bits per heavy atom. The molecule has 4 nitrogen and oxygen atoms in total. The number of hydrogen-bond acceptors (Lipinski definition) is 3. The van der Waals surface area contributed by atoms with Crippen molar-refractivity contribution in [3.05, 3.63) is 29.8 Å². The molecule has 0 heterocycles. The Hall–Kier alpha value is -1.26. The van der Waals surface area contributed by atoms with E-state index in [1.165, 1.54) is 0 Å². The third kappa shape index (κ3) is 4.63. The number of halogens is 1. The standard InChI is InChI=1S/C12H18N2O2.ClH/c1-8(13)12(15)14-9(2)10-5-4-6-11(7-10)16-3;/h4-9H,13H2,1-3H3,(H,14,15);1H/t8-,9?;/m1./s1. The zero-order valence-corrected chi connectivity index (χ0v) is 11.1. The van der Waals surface area contributed by atoms with Crippen LogP contribution in [0, 0.1) is 0 Å². The van der Waals surface area contributed by atoms with Crippen molar-refractivity contribution in [2.24, 2.45) is 5.73 Å². The highest BCUT2D eigenvalue weighted by Gasteiger charge is 2.12. The minimum absolute atomic E-state index is 0. The molecule has 1 amide bonds. The summed E-state index contributed by atoms with van der Waals surface area (Å²) in [5, 5.41) is 2.83. The van der Waals surface area contributed by atoms with Gasteiger partial charge >= 0.3 is 0 Å². The van der Waals surface area contributed by atoms with E-state index in [0.29, 0.717) is 0 Å². The Bertz CT molecular complexity index is 369. The molecule has 1 aromatic rings. The molecule has 0 aliphatic carbocycles. The molecule has 1 rings (SSSR count). The molecular weight excluding hydrogens is 240 g/mol. The molecule has 0 saturated heterocycles. The first-order valence-corrected chi connectivity index (χ1v) is 5.24. The smallest absolute Gasteiger partial charge is 0.237 e. The summed E-state index contributed by atoms with van der Waals surface area (Å²) in [6, 6.07) is 7.02. The van der Waals surface area contributed by atoms with Crippen LogP contribution in [0.25, 0.3) is 0 Å². The van der Waals surface area contributed by atoms with Crippen LogP contribution in [-0.2, 0) is 4.79 Å². The number of carbonyl (C=O) groups is 1. The van der Waals surface area contributed by atoms with Crippen molar-refractivity contribution < 1.29 is 9.53 Å². The predicted molar refractivity (Wildman–Crippen MR) is 70.4 cm³/mol. The van der Waals surface area contributed by atoms with Gasteiger partial charge in [-0.2, -0.15) is 0 Å². The van der Waals surface area contributed by atoms with E-state index < -0.39 is 6.04 Å². The Morgan fingerprint density at radius 3 is 2.59 bits per heavy atom. The molecule has 0 aromatic heterocycles. The molecular formula is C12H19ClN2O2. The highest BCUT2D eigenvalue weighted by atomic mass is 35.5. The maximum absolute atomic E-state index is 11.4. The maximum atomic E-state index is 11.4. The summed E-state index contributed by atoms with van der Waals surface area (Å²) in [5.74, 6) is 0.620. The van der Waals surface area contributed by atoms with Crippen LogP contribution in [0.3, 0.4) is 0 Å². The molecule has 0 aliphatic heterocycles. The minimum atomic E-state index is -0.493. The topological polar surface area (TPSA) is 64.3 Å². The number of rotatable bonds is 4. The van der Waals surface area contributed by atoms with Gasteiger partial charge in [-0.05, 0) is 31.5 Å². The molecule has 17 heavy (non-hydrogen) atoms. The van der Waals surface area contributed by atoms with E-state index in [1.54, 1.807) is 14.0 Å². The van der Waals surface area contributed by atoms with Crippen LogP contribution >= 0.6 is 12.4 Å². The summed E-state index contributed by atoms with van der Waals surface area (Å²) in [6.07, 6.45) is 0. The Labute approximate surface area is 108 Å². The number of nitrogens with two attached hydrogens (primary N) is 1. The van der Waals surface area contributed by atoms with Gasteiger partial charge in [-0.25, -0.2) is 0 Å². The van der Waals surface area contributed by atoms with Gasteiger partial charge in [0.1, 0.15) is 5.75 Å². The van der Waals surface area contributed by atoms with E-state index >= 15 is 0 Å². The van der Waals surface area contributed by atoms with Gasteiger partial charge in [-0.15, -0.1) is 12.4 Å². The van der Waals surface area contributed by atoms with Crippen molar-refractivity contribution in [2.75, 3.05) is 7.11 Å². The fourth-order valence-corrected chi connectivity index (χ4v) is 1.34. The van der Waals surface area contributed by atoms with Crippen LogP contribution < -0.4 is 15.8 Å². The number of carbonyl (C=O) groups excluding carboxylic acids is 1. The molecule has 96 valence electrons. The van der Waals surface area contributed by atoms with E-state index in [9.17, 15) is 4.79 Å². The second kappa shape index (κ2) is 7.14. The molecule has 0 fully saturated rings. The van der Waals surface area contributed by atoms with Crippen molar-refractivity contribution in [3.8, 4) is 5.75 Å². The van der Waals surface area contributed by atoms with Gasteiger partial charge in [0.05, 0.1) is 19.2 Å². The summed E-state index contributed by atoms with van der Waals surface area (Å²) in [7, 11) is 1.62. The average molecular weight is 259 g/mol. The highest BCUT2D eigenvalue weighted by molar-refractivity contribution is 5.85. The zero-order valence-electron chi connectivity index (χ0n) is 10.3. The SMILES string of the molecule is COc1cccc(C(C)NC(=O)[C@@H](C)N)c1.Cl. The highest BCUT2D eigenvalue weighted by Crippen LogP contribution is 2.18. The average Bonchev–Trinajstić information content (AvgIpc) is 2.28. The fraction of sp³-hybridized carbons (Fsp3) is 0.417. The largest absolute Gasteiger partial charge is 0.497 e. The van der Waals surface area contributed by atoms with Gasteiger partial charge in [-0.3, -0.25) is 4.79 Å². The first-order chi connectivity index (χ1) is 7.54. The molecule has 0 saturated carbocycles. The molecule has 0 radical (unpaired) electrons. The third-order valence-corrected chi connectivity index (χ3v) is 2.37. The predicted octanol–water partition coefficient (Wildman–Crippen LogP) is 1.64. The van der Waals surface area contributed by atoms with Crippen LogP contribution in [0.15, 0.2) is 24.3 Å². The van der Waals surface area contributed by atoms with E-state index in [2.05, 4.69) is 5.32 Å². The lowest BCUT2D eigenvalue weighted by molar-refractivity contribution is -0.122. The second-order valence-electron chi connectivity index (χ2n) is 3.80. The first kappa shape index (κ1) is 15.7. The normalized spacial score (nSPS) is 13.2. The lowest BCUT2D eigenvalue weighted by Crippen LogP contribution is -2.39. The Balaban J connectivity index is 0.00000256. The van der Waals surface area contributed by atoms with Crippen LogP contribution in [0.5, 0.6) is 5.75 Å². The maximum Gasteiger partial charge on any atom is 0.237 e. The van der Waals surface area contributed by atoms with Gasteiger partial charge in [0.15, 0.2) is 0 Å². The number of benzene rings is 1. The quantitative estimate of drug-likeness (QED) is 0.863. The van der Waals surface area contributed by atoms with Crippen molar-refractivity contribution in [3.63, 3.8) is 0 Å². The summed E-state index contributed by atoms with van der Waals surface area (Å²) < 4.78 is 5.12. The number of ether oxygens (including phenoxy) is 1. The van der Waals surface area contributed by atoms with Crippen molar-refractivity contribution >= 4 is 18.3 Å². The zero-order chi connectivity index (χ0) is 12.1. The van der Waals surface area contributed by atoms with Crippen LogP contribution in [0.2, 0.25) is 0 Å². The molecule has 0 aliphatic rings. The van der Waals surface area contributed by atoms with Crippen LogP contribution in [0.4, 0.5) is 0 Å². The first-order valence-electron chi connectivity index (χ1n) is 5.24. The number of methoxy groups -OCH3 is 1. The Morgan fingerprint density at radius 2 is 2.06 bits per heavy atom. The lowest BCUT2D eigenvalue weighted by atomic mass is 10.1. The van der Waals surface area contributed by atoms with E-state index in [-0.39, 0.29) is 24.4 Å². The second-order valence-corrected chi connectivity index (χ2v) is 3.80. The molecule has 1 aromatic carbocycles. The van der Waals surface area contributed by atoms with Crippen LogP contribution in [0.1, 0.15) is 25.5 Å². The summed E-state index contributed by atoms with van der Waals surface area (Å²) in [4.78, 5) is 11.4. The number of amides is 1. The van der Waals surface area contributed by atoms with Gasteiger partial charge in [-0.1, -0.05) is 12.1 Å². The van der Waals surface area contributed by atoms with Gasteiger partial charge in [0.25, 0.3) is 0 Å². The fourth-order valence-electron chi connectivity index (χ4n) is 1.34. The van der Waals surface area contributed by atoms with E-state index in [4.69, 9.17) is 10.5 Å². The van der Waals surface area contributed by atoms with Crippen molar-refractivity contribution in [1.29, 1.82) is 0 Å². The third-order valence-electron chi connectivity index (χ3n) is 2.37. The lowest BCUT2D eigenvalue weighted by Gasteiger charge is -2.16. The summed E-state index contributed by atoms with van der Waals surface area (Å²) >= 11 is 0. The van der Waals surface area contributed by atoms with Gasteiger partial charge in [0, 0.05) is 0 Å². The van der Waals surface area contributed by atoms with Crippen molar-refractivity contribution in [1.82, 2.24) is 5.32 Å². The van der Waals surface area contributed by atoms with Crippen molar-refractivity contribution in [2.45, 2.75) is 25.9 Å². The summed E-state index contributed by atoms with van der Waals surface area (Å²) in [5.41, 5.74) is 6.48. The number of hydrogen-bond donors (Lipinski definition) is 2. The molecule has 0 spiro atoms. The molecule has 3 N–H and O–H groups in total. The van der Waals surface area contributed by atoms with E-state index in [1.807, 2.05) is 31.2 Å². The minimum Gasteiger partial charge on any atom is -0.497 e. The Kier molecular flexibility index (Phi) is 6.61.